The maximum Gasteiger partial charge on any atom is 0.151 e. The third-order valence-corrected chi connectivity index (χ3v) is 3.81. The van der Waals surface area contributed by atoms with Gasteiger partial charge in [0, 0.05) is 11.6 Å². The number of halogens is 2. The maximum atomic E-state index is 14.0. The molecule has 0 aliphatic carbocycles. The summed E-state index contributed by atoms with van der Waals surface area (Å²) in [4.78, 5) is 4.45. The fourth-order valence-corrected chi connectivity index (χ4v) is 2.70. The molecule has 0 saturated carbocycles. The summed E-state index contributed by atoms with van der Waals surface area (Å²) in [6, 6.07) is 10.5. The quantitative estimate of drug-likeness (QED) is 0.700. The lowest BCUT2D eigenvalue weighted by Crippen LogP contribution is -2.04. The predicted octanol–water partition coefficient (Wildman–Crippen LogP) is 4.66. The number of aromatic nitrogens is 2. The van der Waals surface area contributed by atoms with Crippen LogP contribution in [0, 0.1) is 5.82 Å². The van der Waals surface area contributed by atoms with Crippen molar-refractivity contribution in [3.63, 3.8) is 0 Å². The molecular formula is C16H15ClFN3. The van der Waals surface area contributed by atoms with Gasteiger partial charge in [-0.2, -0.15) is 0 Å². The van der Waals surface area contributed by atoms with Crippen LogP contribution in [0.15, 0.2) is 36.4 Å². The highest BCUT2D eigenvalue weighted by atomic mass is 35.5. The van der Waals surface area contributed by atoms with Gasteiger partial charge in [0.15, 0.2) is 5.82 Å². The molecule has 3 nitrogen and oxygen atoms in total. The number of fused-ring (bicyclic) bond motifs is 1. The molecule has 3 aromatic rings. The van der Waals surface area contributed by atoms with Crippen LogP contribution in [0.25, 0.3) is 22.4 Å². The van der Waals surface area contributed by atoms with Crippen LogP contribution >= 0.6 is 11.6 Å². The molecule has 21 heavy (non-hydrogen) atoms. The Bertz CT molecular complexity index is 824. The molecule has 0 amide bonds. The second kappa shape index (κ2) is 5.04. The topological polar surface area (TPSA) is 43.8 Å². The molecule has 3 rings (SSSR count). The molecule has 0 fully saturated rings. The number of hydrogen-bond donors (Lipinski definition) is 1. The average molecular weight is 304 g/mol. The maximum absolute atomic E-state index is 14.0. The summed E-state index contributed by atoms with van der Waals surface area (Å²) in [6.07, 6.45) is 0. The molecule has 1 aromatic heterocycles. The van der Waals surface area contributed by atoms with Gasteiger partial charge in [-0.1, -0.05) is 23.7 Å². The van der Waals surface area contributed by atoms with Gasteiger partial charge in [0.25, 0.3) is 0 Å². The zero-order valence-corrected chi connectivity index (χ0v) is 12.5. The number of hydrogen-bond acceptors (Lipinski definition) is 2. The van der Waals surface area contributed by atoms with Gasteiger partial charge < -0.3 is 10.3 Å². The number of benzene rings is 2. The van der Waals surface area contributed by atoms with Crippen molar-refractivity contribution in [1.29, 1.82) is 0 Å². The summed E-state index contributed by atoms with van der Waals surface area (Å²) in [5.74, 6) is 0.291. The molecule has 0 unspecified atom stereocenters. The SMILES string of the molecule is CC(C)n1c(-c2cccc(Cl)c2N)nc2c(F)cccc21. The Balaban J connectivity index is 2.39. The van der Waals surface area contributed by atoms with Crippen molar-refractivity contribution in [1.82, 2.24) is 9.55 Å². The number of rotatable bonds is 2. The molecule has 108 valence electrons. The monoisotopic (exact) mass is 303 g/mol. The molecule has 1 heterocycles. The van der Waals surface area contributed by atoms with Crippen molar-refractivity contribution in [2.24, 2.45) is 0 Å². The summed E-state index contributed by atoms with van der Waals surface area (Å²) in [7, 11) is 0. The Labute approximate surface area is 127 Å². The summed E-state index contributed by atoms with van der Waals surface area (Å²) in [6.45, 7) is 4.05. The molecule has 0 spiro atoms. The molecule has 0 aliphatic heterocycles. The Morgan fingerprint density at radius 1 is 1.19 bits per heavy atom. The Morgan fingerprint density at radius 2 is 1.90 bits per heavy atom. The Kier molecular flexibility index (Phi) is 3.33. The summed E-state index contributed by atoms with van der Waals surface area (Å²) >= 11 is 6.09. The van der Waals surface area contributed by atoms with Gasteiger partial charge in [-0.05, 0) is 38.1 Å². The van der Waals surface area contributed by atoms with Crippen LogP contribution in [0.1, 0.15) is 19.9 Å². The van der Waals surface area contributed by atoms with Gasteiger partial charge in [0.1, 0.15) is 11.3 Å². The molecule has 0 bridgehead atoms. The van der Waals surface area contributed by atoms with E-state index in [9.17, 15) is 4.39 Å². The summed E-state index contributed by atoms with van der Waals surface area (Å²) < 4.78 is 16.0. The Hall–Kier alpha value is -2.07. The second-order valence-corrected chi connectivity index (χ2v) is 5.62. The van der Waals surface area contributed by atoms with E-state index in [1.807, 2.05) is 36.6 Å². The van der Waals surface area contributed by atoms with Crippen molar-refractivity contribution in [2.75, 3.05) is 5.73 Å². The van der Waals surface area contributed by atoms with Gasteiger partial charge in [0.2, 0.25) is 0 Å². The first-order chi connectivity index (χ1) is 10.0. The van der Waals surface area contributed by atoms with Gasteiger partial charge in [-0.15, -0.1) is 0 Å². The van der Waals surface area contributed by atoms with Crippen LogP contribution in [-0.2, 0) is 0 Å². The molecule has 0 atom stereocenters. The molecular weight excluding hydrogens is 289 g/mol. The van der Waals surface area contributed by atoms with E-state index >= 15 is 0 Å². The largest absolute Gasteiger partial charge is 0.397 e. The first-order valence-electron chi connectivity index (χ1n) is 6.71. The van der Waals surface area contributed by atoms with E-state index in [1.54, 1.807) is 12.1 Å². The fourth-order valence-electron chi connectivity index (χ4n) is 2.53. The van der Waals surface area contributed by atoms with E-state index in [1.165, 1.54) is 6.07 Å². The number of para-hydroxylation sites is 2. The highest BCUT2D eigenvalue weighted by Gasteiger charge is 2.19. The lowest BCUT2D eigenvalue weighted by atomic mass is 10.1. The molecule has 0 saturated heterocycles. The minimum atomic E-state index is -0.339. The highest BCUT2D eigenvalue weighted by Crippen LogP contribution is 2.35. The van der Waals surface area contributed by atoms with Crippen molar-refractivity contribution in [3.05, 3.63) is 47.2 Å². The van der Waals surface area contributed by atoms with Crippen LogP contribution in [0.3, 0.4) is 0 Å². The van der Waals surface area contributed by atoms with E-state index < -0.39 is 0 Å². The molecule has 0 aliphatic rings. The number of nitrogens with two attached hydrogens (primary N) is 1. The van der Waals surface area contributed by atoms with E-state index in [0.29, 0.717) is 27.6 Å². The normalized spacial score (nSPS) is 11.5. The second-order valence-electron chi connectivity index (χ2n) is 5.21. The van der Waals surface area contributed by atoms with Gasteiger partial charge in [-0.25, -0.2) is 9.37 Å². The molecule has 5 heteroatoms. The van der Waals surface area contributed by atoms with Crippen molar-refractivity contribution in [2.45, 2.75) is 19.9 Å². The number of anilines is 1. The van der Waals surface area contributed by atoms with Crippen LogP contribution in [-0.4, -0.2) is 9.55 Å². The minimum absolute atomic E-state index is 0.116. The molecule has 2 N–H and O–H groups in total. The zero-order chi connectivity index (χ0) is 15.1. The van der Waals surface area contributed by atoms with Crippen LogP contribution < -0.4 is 5.73 Å². The van der Waals surface area contributed by atoms with Crippen molar-refractivity contribution < 1.29 is 4.39 Å². The predicted molar refractivity (Wildman–Crippen MR) is 84.9 cm³/mol. The van der Waals surface area contributed by atoms with E-state index in [2.05, 4.69) is 4.98 Å². The lowest BCUT2D eigenvalue weighted by Gasteiger charge is -2.14. The highest BCUT2D eigenvalue weighted by molar-refractivity contribution is 6.33. The van der Waals surface area contributed by atoms with E-state index in [0.717, 1.165) is 5.52 Å². The summed E-state index contributed by atoms with van der Waals surface area (Å²) in [5, 5.41) is 0.468. The van der Waals surface area contributed by atoms with Gasteiger partial charge >= 0.3 is 0 Å². The standard InChI is InChI=1S/C16H15ClFN3/c1-9(2)21-13-8-4-7-12(18)15(13)20-16(21)10-5-3-6-11(17)14(10)19/h3-9H,19H2,1-2H3. The molecule has 0 radical (unpaired) electrons. The third kappa shape index (κ3) is 2.16. The fraction of sp³-hybridized carbons (Fsp3) is 0.188. The lowest BCUT2D eigenvalue weighted by molar-refractivity contribution is 0.623. The third-order valence-electron chi connectivity index (χ3n) is 3.48. The van der Waals surface area contributed by atoms with Crippen LogP contribution in [0.2, 0.25) is 5.02 Å². The van der Waals surface area contributed by atoms with Crippen molar-refractivity contribution in [3.8, 4) is 11.4 Å². The first-order valence-corrected chi connectivity index (χ1v) is 7.09. The van der Waals surface area contributed by atoms with E-state index in [4.69, 9.17) is 17.3 Å². The number of imidazole rings is 1. The Morgan fingerprint density at radius 3 is 2.62 bits per heavy atom. The van der Waals surface area contributed by atoms with Crippen molar-refractivity contribution >= 4 is 28.3 Å². The van der Waals surface area contributed by atoms with Crippen LogP contribution in [0.4, 0.5) is 10.1 Å². The minimum Gasteiger partial charge on any atom is -0.397 e. The smallest absolute Gasteiger partial charge is 0.151 e. The van der Waals surface area contributed by atoms with Gasteiger partial charge in [-0.3, -0.25) is 0 Å². The molecule has 2 aromatic carbocycles. The number of nitrogens with zero attached hydrogens (tertiary/aromatic N) is 2. The average Bonchev–Trinajstić information content (AvgIpc) is 2.82. The first kappa shape index (κ1) is 13.9. The number of nitrogen functional groups attached to an aromatic ring is 1. The van der Waals surface area contributed by atoms with Crippen LogP contribution in [0.5, 0.6) is 0 Å². The van der Waals surface area contributed by atoms with E-state index in [-0.39, 0.29) is 11.9 Å². The zero-order valence-electron chi connectivity index (χ0n) is 11.8. The summed E-state index contributed by atoms with van der Waals surface area (Å²) in [5.41, 5.74) is 8.33. The van der Waals surface area contributed by atoms with Gasteiger partial charge in [0.05, 0.1) is 16.2 Å².